The third kappa shape index (κ3) is 4.05. The second kappa shape index (κ2) is 6.42. The van der Waals surface area contributed by atoms with Crippen molar-refractivity contribution < 1.29 is 26.4 Å². The van der Waals surface area contributed by atoms with Gasteiger partial charge < -0.3 is 9.80 Å². The zero-order valence-electron chi connectivity index (χ0n) is 13.0. The molecule has 0 N–H and O–H groups in total. The van der Waals surface area contributed by atoms with Gasteiger partial charge in [-0.2, -0.15) is 21.6 Å². The van der Waals surface area contributed by atoms with Crippen LogP contribution in [0.15, 0.2) is 33.6 Å². The van der Waals surface area contributed by atoms with Gasteiger partial charge >= 0.3 is 6.18 Å². The van der Waals surface area contributed by atoms with Gasteiger partial charge in [0, 0.05) is 26.2 Å². The van der Waals surface area contributed by atoms with Crippen LogP contribution in [0.1, 0.15) is 12.0 Å². The van der Waals surface area contributed by atoms with Gasteiger partial charge in [-0.1, -0.05) is 12.1 Å². The van der Waals surface area contributed by atoms with Crippen LogP contribution in [-0.4, -0.2) is 63.3 Å². The molecule has 1 aromatic carbocycles. The Balaban J connectivity index is 2.08. The molecule has 1 aliphatic heterocycles. The number of sulfonamides is 1. The van der Waals surface area contributed by atoms with E-state index in [1.54, 1.807) is 18.2 Å². The molecule has 0 aromatic heterocycles. The number of likely N-dealkylation sites (N-methyl/N-ethyl adjacent to an activating group) is 2. The molecule has 24 heavy (non-hydrogen) atoms. The molecule has 1 heterocycles. The van der Waals surface area contributed by atoms with E-state index in [-0.39, 0.29) is 17.3 Å². The van der Waals surface area contributed by atoms with Gasteiger partial charge in [0.1, 0.15) is 4.90 Å². The number of halogens is 3. The highest BCUT2D eigenvalue weighted by molar-refractivity contribution is 7.90. The van der Waals surface area contributed by atoms with Gasteiger partial charge in [-0.3, -0.25) is 4.79 Å². The van der Waals surface area contributed by atoms with Crippen LogP contribution in [0.25, 0.3) is 0 Å². The van der Waals surface area contributed by atoms with Gasteiger partial charge in [-0.05, 0) is 12.1 Å². The number of benzene rings is 1. The molecule has 10 heteroatoms. The first-order valence-corrected chi connectivity index (χ1v) is 8.41. The SMILES string of the molecule is CN(CCC(F)(F)F)C(=O)CN(C)C1=NS(=O)(=O)c2ccccc21. The second-order valence-electron chi connectivity index (χ2n) is 5.42. The fraction of sp³-hybridized carbons (Fsp3) is 0.429. The maximum absolute atomic E-state index is 12.2. The summed E-state index contributed by atoms with van der Waals surface area (Å²) in [6.07, 6.45) is -5.44. The summed E-state index contributed by atoms with van der Waals surface area (Å²) in [5.74, 6) is -0.464. The van der Waals surface area contributed by atoms with Crippen LogP contribution < -0.4 is 0 Å². The highest BCUT2D eigenvalue weighted by Crippen LogP contribution is 2.27. The largest absolute Gasteiger partial charge is 0.390 e. The van der Waals surface area contributed by atoms with E-state index >= 15 is 0 Å². The Morgan fingerprint density at radius 3 is 2.46 bits per heavy atom. The second-order valence-corrected chi connectivity index (χ2v) is 7.00. The normalized spacial score (nSPS) is 15.6. The Hall–Kier alpha value is -2.10. The minimum Gasteiger partial charge on any atom is -0.349 e. The van der Waals surface area contributed by atoms with Gasteiger partial charge in [-0.15, -0.1) is 4.40 Å². The summed E-state index contributed by atoms with van der Waals surface area (Å²) in [6, 6.07) is 6.17. The van der Waals surface area contributed by atoms with Crippen LogP contribution in [0.4, 0.5) is 13.2 Å². The molecule has 2 rings (SSSR count). The van der Waals surface area contributed by atoms with E-state index in [0.29, 0.717) is 5.56 Å². The van der Waals surface area contributed by atoms with E-state index in [2.05, 4.69) is 4.40 Å². The van der Waals surface area contributed by atoms with Crippen LogP contribution in [-0.2, 0) is 14.8 Å². The predicted octanol–water partition coefficient (Wildman–Crippen LogP) is 1.48. The summed E-state index contributed by atoms with van der Waals surface area (Å²) in [4.78, 5) is 14.3. The topological polar surface area (TPSA) is 70.1 Å². The molecule has 0 unspecified atom stereocenters. The molecule has 0 saturated heterocycles. The highest BCUT2D eigenvalue weighted by atomic mass is 32.2. The monoisotopic (exact) mass is 363 g/mol. The van der Waals surface area contributed by atoms with E-state index in [9.17, 15) is 26.4 Å². The Labute approximate surface area is 137 Å². The number of carbonyl (C=O) groups is 1. The van der Waals surface area contributed by atoms with Crippen molar-refractivity contribution >= 4 is 21.8 Å². The lowest BCUT2D eigenvalue weighted by molar-refractivity contribution is -0.144. The van der Waals surface area contributed by atoms with Gasteiger partial charge in [0.05, 0.1) is 13.0 Å². The molecule has 1 aliphatic rings. The van der Waals surface area contributed by atoms with E-state index in [1.165, 1.54) is 25.1 Å². The van der Waals surface area contributed by atoms with E-state index in [1.807, 2.05) is 0 Å². The van der Waals surface area contributed by atoms with Crippen molar-refractivity contribution in [2.75, 3.05) is 27.2 Å². The van der Waals surface area contributed by atoms with E-state index < -0.39 is 35.1 Å². The molecule has 132 valence electrons. The van der Waals surface area contributed by atoms with Crippen molar-refractivity contribution in [3.63, 3.8) is 0 Å². The van der Waals surface area contributed by atoms with Crippen molar-refractivity contribution in [1.29, 1.82) is 0 Å². The van der Waals surface area contributed by atoms with Crippen molar-refractivity contribution in [3.05, 3.63) is 29.8 Å². The number of fused-ring (bicyclic) bond motifs is 1. The molecule has 1 aromatic rings. The minimum atomic E-state index is -4.34. The van der Waals surface area contributed by atoms with Gasteiger partial charge in [0.2, 0.25) is 5.91 Å². The highest BCUT2D eigenvalue weighted by Gasteiger charge is 2.32. The molecule has 0 atom stereocenters. The Morgan fingerprint density at radius 1 is 1.21 bits per heavy atom. The van der Waals surface area contributed by atoms with Crippen molar-refractivity contribution in [2.24, 2.45) is 4.40 Å². The summed E-state index contributed by atoms with van der Waals surface area (Å²) in [5, 5.41) is 0. The van der Waals surface area contributed by atoms with E-state index in [4.69, 9.17) is 0 Å². The molecule has 0 bridgehead atoms. The van der Waals surface area contributed by atoms with Crippen molar-refractivity contribution in [1.82, 2.24) is 9.80 Å². The molecule has 0 aliphatic carbocycles. The zero-order chi connectivity index (χ0) is 18.1. The standard InChI is InChI=1S/C14H16F3N3O3S/c1-19(8-7-14(15,16)17)12(21)9-20(2)13-10-5-3-4-6-11(10)24(22,23)18-13/h3-6H,7-9H2,1-2H3. The smallest absolute Gasteiger partial charge is 0.349 e. The maximum Gasteiger partial charge on any atom is 0.390 e. The number of hydrogen-bond acceptors (Lipinski definition) is 4. The molecule has 1 amide bonds. The van der Waals surface area contributed by atoms with Crippen molar-refractivity contribution in [2.45, 2.75) is 17.5 Å². The third-order valence-electron chi connectivity index (χ3n) is 3.50. The number of amides is 1. The lowest BCUT2D eigenvalue weighted by atomic mass is 10.2. The van der Waals surface area contributed by atoms with Gasteiger partial charge in [0.15, 0.2) is 5.84 Å². The molecule has 0 fully saturated rings. The molecule has 0 saturated carbocycles. The average molecular weight is 363 g/mol. The Bertz CT molecular complexity index is 775. The quantitative estimate of drug-likeness (QED) is 0.813. The fourth-order valence-electron chi connectivity index (χ4n) is 2.18. The number of amidine groups is 1. The van der Waals surface area contributed by atoms with Gasteiger partial charge in [0.25, 0.3) is 10.0 Å². The number of nitrogens with zero attached hydrogens (tertiary/aromatic N) is 3. The Morgan fingerprint density at radius 2 is 1.83 bits per heavy atom. The molecular formula is C14H16F3N3O3S. The first kappa shape index (κ1) is 18.2. The fourth-order valence-corrected chi connectivity index (χ4v) is 3.43. The van der Waals surface area contributed by atoms with E-state index in [0.717, 1.165) is 4.90 Å². The van der Waals surface area contributed by atoms with Crippen molar-refractivity contribution in [3.8, 4) is 0 Å². The van der Waals surface area contributed by atoms with Crippen LogP contribution >= 0.6 is 0 Å². The lowest BCUT2D eigenvalue weighted by Crippen LogP contribution is -2.40. The molecular weight excluding hydrogens is 347 g/mol. The maximum atomic E-state index is 12.2. The number of alkyl halides is 3. The predicted molar refractivity (Wildman–Crippen MR) is 81.1 cm³/mol. The van der Waals surface area contributed by atoms with Gasteiger partial charge in [-0.25, -0.2) is 0 Å². The average Bonchev–Trinajstić information content (AvgIpc) is 2.76. The Kier molecular flexibility index (Phi) is 4.88. The molecule has 0 radical (unpaired) electrons. The van der Waals surface area contributed by atoms with Crippen LogP contribution in [0.5, 0.6) is 0 Å². The molecule has 0 spiro atoms. The third-order valence-corrected chi connectivity index (χ3v) is 4.83. The van der Waals surface area contributed by atoms with Crippen LogP contribution in [0.2, 0.25) is 0 Å². The number of rotatable bonds is 4. The molecule has 6 nitrogen and oxygen atoms in total. The summed E-state index contributed by atoms with van der Waals surface area (Å²) >= 11 is 0. The first-order chi connectivity index (χ1) is 11.0. The lowest BCUT2D eigenvalue weighted by Gasteiger charge is -2.23. The first-order valence-electron chi connectivity index (χ1n) is 6.97. The van der Waals surface area contributed by atoms with Crippen LogP contribution in [0, 0.1) is 0 Å². The summed E-state index contributed by atoms with van der Waals surface area (Å²) < 4.78 is 64.2. The van der Waals surface area contributed by atoms with Crippen LogP contribution in [0.3, 0.4) is 0 Å². The summed E-state index contributed by atoms with van der Waals surface area (Å²) in [6.45, 7) is -0.741. The zero-order valence-corrected chi connectivity index (χ0v) is 13.9. The summed E-state index contributed by atoms with van der Waals surface area (Å²) in [5.41, 5.74) is 0.366. The summed E-state index contributed by atoms with van der Waals surface area (Å²) in [7, 11) is -1.08. The number of hydrogen-bond donors (Lipinski definition) is 0. The number of carbonyl (C=O) groups excluding carboxylic acids is 1. The minimum absolute atomic E-state index is 0.0460.